The number of carbonyl (C=O) groups is 1. The maximum atomic E-state index is 13.0. The van der Waals surface area contributed by atoms with Gasteiger partial charge in [0.05, 0.1) is 9.85 Å². The Labute approximate surface area is 193 Å². The van der Waals surface area contributed by atoms with Gasteiger partial charge in [-0.3, -0.25) is 25.0 Å². The average Bonchev–Trinajstić information content (AvgIpc) is 2.84. The van der Waals surface area contributed by atoms with Crippen LogP contribution in [0.15, 0.2) is 97.1 Å². The van der Waals surface area contributed by atoms with E-state index in [1.165, 1.54) is 48.5 Å². The first kappa shape index (κ1) is 22.2. The van der Waals surface area contributed by atoms with Crippen LogP contribution >= 0.6 is 0 Å². The second kappa shape index (κ2) is 9.61. The van der Waals surface area contributed by atoms with Crippen LogP contribution in [0.1, 0.15) is 15.9 Å². The Hall–Kier alpha value is -5.05. The van der Waals surface area contributed by atoms with Gasteiger partial charge in [-0.25, -0.2) is 0 Å². The van der Waals surface area contributed by atoms with E-state index in [0.29, 0.717) is 34.1 Å². The number of nitro groups is 2. The van der Waals surface area contributed by atoms with Gasteiger partial charge in [0.15, 0.2) is 5.78 Å². The highest BCUT2D eigenvalue weighted by molar-refractivity contribution is 6.09. The predicted octanol–water partition coefficient (Wildman–Crippen LogP) is 6.32. The van der Waals surface area contributed by atoms with E-state index in [4.69, 9.17) is 9.47 Å². The van der Waals surface area contributed by atoms with E-state index < -0.39 is 9.85 Å². The van der Waals surface area contributed by atoms with Crippen LogP contribution in [0.2, 0.25) is 0 Å². The van der Waals surface area contributed by atoms with Crippen molar-refractivity contribution >= 4 is 17.2 Å². The van der Waals surface area contributed by atoms with E-state index in [9.17, 15) is 25.0 Å². The molecule has 0 aliphatic carbocycles. The van der Waals surface area contributed by atoms with Crippen LogP contribution in [0, 0.1) is 20.2 Å². The first-order valence-electron chi connectivity index (χ1n) is 9.98. The van der Waals surface area contributed by atoms with E-state index in [1.54, 1.807) is 48.5 Å². The summed E-state index contributed by atoms with van der Waals surface area (Å²) in [7, 11) is 0. The van der Waals surface area contributed by atoms with Crippen molar-refractivity contribution in [2.75, 3.05) is 0 Å². The molecule has 9 heteroatoms. The Morgan fingerprint density at radius 2 is 0.941 bits per heavy atom. The number of hydrogen-bond donors (Lipinski definition) is 0. The van der Waals surface area contributed by atoms with Crippen molar-refractivity contribution in [1.29, 1.82) is 0 Å². The molecule has 0 N–H and O–H groups in total. The monoisotopic (exact) mass is 456 g/mol. The van der Waals surface area contributed by atoms with Crippen LogP contribution in [0.3, 0.4) is 0 Å². The molecule has 0 radical (unpaired) electrons. The number of hydrogen-bond acceptors (Lipinski definition) is 7. The molecule has 0 saturated carbocycles. The number of ketones is 1. The second-order valence-electron chi connectivity index (χ2n) is 7.09. The number of non-ortho nitro benzene ring substituents is 2. The van der Waals surface area contributed by atoms with E-state index >= 15 is 0 Å². The van der Waals surface area contributed by atoms with Gasteiger partial charge >= 0.3 is 0 Å². The minimum atomic E-state index is -0.497. The Morgan fingerprint density at radius 3 is 1.29 bits per heavy atom. The SMILES string of the molecule is O=C(c1cccc(Oc2ccc([N+](=O)[O-])cc2)c1)c1cccc(Oc2ccc([N+](=O)[O-])cc2)c1. The molecule has 0 fully saturated rings. The standard InChI is InChI=1S/C25H16N2O7/c28-25(17-3-1-5-23(15-17)33-21-11-7-19(8-12-21)26(29)30)18-4-2-6-24(16-18)34-22-13-9-20(10-14-22)27(31)32/h1-16H. The van der Waals surface area contributed by atoms with Crippen molar-refractivity contribution < 1.29 is 24.1 Å². The minimum Gasteiger partial charge on any atom is -0.457 e. The lowest BCUT2D eigenvalue weighted by atomic mass is 10.0. The van der Waals surface area contributed by atoms with Gasteiger partial charge in [0.1, 0.15) is 23.0 Å². The lowest BCUT2D eigenvalue weighted by molar-refractivity contribution is -0.385. The highest BCUT2D eigenvalue weighted by Gasteiger charge is 2.13. The smallest absolute Gasteiger partial charge is 0.269 e. The van der Waals surface area contributed by atoms with E-state index in [0.717, 1.165) is 0 Å². The summed E-state index contributed by atoms with van der Waals surface area (Å²) in [6.07, 6.45) is 0. The van der Waals surface area contributed by atoms with Gasteiger partial charge < -0.3 is 9.47 Å². The van der Waals surface area contributed by atoms with Crippen molar-refractivity contribution in [3.05, 3.63) is 128 Å². The summed E-state index contributed by atoms with van der Waals surface area (Å²) >= 11 is 0. The van der Waals surface area contributed by atoms with Crippen LogP contribution in [0.5, 0.6) is 23.0 Å². The van der Waals surface area contributed by atoms with E-state index in [1.807, 2.05) is 0 Å². The van der Waals surface area contributed by atoms with Gasteiger partial charge in [-0.1, -0.05) is 24.3 Å². The minimum absolute atomic E-state index is 0.0490. The Bertz CT molecular complexity index is 1260. The van der Waals surface area contributed by atoms with Gasteiger partial charge in [-0.2, -0.15) is 0 Å². The molecule has 9 nitrogen and oxygen atoms in total. The molecule has 0 heterocycles. The van der Waals surface area contributed by atoms with Crippen molar-refractivity contribution in [1.82, 2.24) is 0 Å². The van der Waals surface area contributed by atoms with Crippen LogP contribution in [0.4, 0.5) is 11.4 Å². The molecule has 0 amide bonds. The molecule has 4 aromatic rings. The molecule has 0 aromatic heterocycles. The number of nitrogens with zero attached hydrogens (tertiary/aromatic N) is 2. The third kappa shape index (κ3) is 5.22. The zero-order valence-electron chi connectivity index (χ0n) is 17.5. The summed E-state index contributed by atoms with van der Waals surface area (Å²) in [5.41, 5.74) is 0.665. The normalized spacial score (nSPS) is 10.4. The largest absolute Gasteiger partial charge is 0.457 e. The maximum Gasteiger partial charge on any atom is 0.269 e. The molecule has 4 rings (SSSR count). The first-order chi connectivity index (χ1) is 16.4. The Kier molecular flexibility index (Phi) is 6.26. The number of carbonyl (C=O) groups excluding carboxylic acids is 1. The zero-order chi connectivity index (χ0) is 24.1. The lowest BCUT2D eigenvalue weighted by Crippen LogP contribution is -2.01. The molecule has 168 valence electrons. The molecule has 0 bridgehead atoms. The van der Waals surface area contributed by atoms with Gasteiger partial charge in [-0.15, -0.1) is 0 Å². The van der Waals surface area contributed by atoms with Crippen molar-refractivity contribution in [2.24, 2.45) is 0 Å². The van der Waals surface area contributed by atoms with E-state index in [2.05, 4.69) is 0 Å². The molecule has 0 saturated heterocycles. The van der Waals surface area contributed by atoms with Gasteiger partial charge in [0.25, 0.3) is 11.4 Å². The Balaban J connectivity index is 1.49. The van der Waals surface area contributed by atoms with Gasteiger partial charge in [0, 0.05) is 35.4 Å². The number of benzene rings is 4. The number of ether oxygens (including phenoxy) is 2. The molecule has 34 heavy (non-hydrogen) atoms. The van der Waals surface area contributed by atoms with Crippen molar-refractivity contribution in [3.8, 4) is 23.0 Å². The number of nitro benzene ring substituents is 2. The third-order valence-electron chi connectivity index (χ3n) is 4.76. The topological polar surface area (TPSA) is 122 Å². The van der Waals surface area contributed by atoms with Crippen LogP contribution in [0.25, 0.3) is 0 Å². The molecular formula is C25H16N2O7. The van der Waals surface area contributed by atoms with E-state index in [-0.39, 0.29) is 17.2 Å². The summed E-state index contributed by atoms with van der Waals surface area (Å²) in [5.74, 6) is 1.33. The second-order valence-corrected chi connectivity index (χ2v) is 7.09. The summed E-state index contributed by atoms with van der Waals surface area (Å²) in [4.78, 5) is 33.6. The van der Waals surface area contributed by atoms with Gasteiger partial charge in [-0.05, 0) is 48.5 Å². The fourth-order valence-electron chi connectivity index (χ4n) is 3.11. The molecule has 0 unspecified atom stereocenters. The van der Waals surface area contributed by atoms with Gasteiger partial charge in [0.2, 0.25) is 0 Å². The number of rotatable bonds is 8. The average molecular weight is 456 g/mol. The summed E-state index contributed by atoms with van der Waals surface area (Å²) in [6.45, 7) is 0. The quantitative estimate of drug-likeness (QED) is 0.173. The summed E-state index contributed by atoms with van der Waals surface area (Å²) in [6, 6.07) is 24.4. The Morgan fingerprint density at radius 1 is 0.559 bits per heavy atom. The predicted molar refractivity (Wildman–Crippen MR) is 123 cm³/mol. The molecule has 0 aliphatic heterocycles. The first-order valence-corrected chi connectivity index (χ1v) is 9.98. The fourth-order valence-corrected chi connectivity index (χ4v) is 3.11. The summed E-state index contributed by atoms with van der Waals surface area (Å²) in [5, 5.41) is 21.6. The zero-order valence-corrected chi connectivity index (χ0v) is 17.5. The van der Waals surface area contributed by atoms with Crippen molar-refractivity contribution in [2.45, 2.75) is 0 Å². The van der Waals surface area contributed by atoms with Crippen molar-refractivity contribution in [3.63, 3.8) is 0 Å². The lowest BCUT2D eigenvalue weighted by Gasteiger charge is -2.09. The maximum absolute atomic E-state index is 13.0. The van der Waals surface area contributed by atoms with Crippen LogP contribution in [-0.4, -0.2) is 15.6 Å². The third-order valence-corrected chi connectivity index (χ3v) is 4.76. The molecule has 4 aromatic carbocycles. The molecule has 0 spiro atoms. The molecule has 0 atom stereocenters. The van der Waals surface area contributed by atoms with Crippen LogP contribution < -0.4 is 9.47 Å². The highest BCUT2D eigenvalue weighted by atomic mass is 16.6. The molecule has 0 aliphatic rings. The fraction of sp³-hybridized carbons (Fsp3) is 0. The van der Waals surface area contributed by atoms with Crippen LogP contribution in [-0.2, 0) is 0 Å². The summed E-state index contributed by atoms with van der Waals surface area (Å²) < 4.78 is 11.4. The highest BCUT2D eigenvalue weighted by Crippen LogP contribution is 2.27. The molecular weight excluding hydrogens is 440 g/mol.